The van der Waals surface area contributed by atoms with Crippen molar-refractivity contribution in [3.8, 4) is 0 Å². The van der Waals surface area contributed by atoms with Gasteiger partial charge in [-0.2, -0.15) is 16.1 Å². The normalized spacial score (nSPS) is 20.0. The smallest absolute Gasteiger partial charge is 0.245 e. The number of anilines is 1. The predicted molar refractivity (Wildman–Crippen MR) is 91.6 cm³/mol. The quantitative estimate of drug-likeness (QED) is 0.712. The van der Waals surface area contributed by atoms with E-state index >= 15 is 0 Å². The third-order valence-corrected chi connectivity index (χ3v) is 8.03. The van der Waals surface area contributed by atoms with Crippen molar-refractivity contribution in [2.45, 2.75) is 23.5 Å². The molecule has 1 aromatic rings. The molecule has 8 heteroatoms. The molecule has 1 fully saturated rings. The first-order valence-corrected chi connectivity index (χ1v) is 10.0. The van der Waals surface area contributed by atoms with Gasteiger partial charge >= 0.3 is 0 Å². The van der Waals surface area contributed by atoms with Gasteiger partial charge in [0.25, 0.3) is 0 Å². The number of rotatable bonds is 2. The summed E-state index contributed by atoms with van der Waals surface area (Å²) in [6.07, 6.45) is 0. The monoisotopic (exact) mass is 442 g/mol. The Hall–Kier alpha value is 0.240. The zero-order chi connectivity index (χ0) is 15.1. The van der Waals surface area contributed by atoms with Crippen molar-refractivity contribution in [1.29, 1.82) is 0 Å². The Morgan fingerprint density at radius 3 is 2.35 bits per heavy atom. The van der Waals surface area contributed by atoms with Crippen LogP contribution in [0.4, 0.5) is 5.69 Å². The summed E-state index contributed by atoms with van der Waals surface area (Å²) in [5, 5.41) is 0. The van der Waals surface area contributed by atoms with Gasteiger partial charge in [0.2, 0.25) is 10.0 Å². The Morgan fingerprint density at radius 2 is 1.85 bits per heavy atom. The third-order valence-electron chi connectivity index (χ3n) is 3.01. The van der Waals surface area contributed by atoms with Crippen LogP contribution >= 0.6 is 43.6 Å². The highest BCUT2D eigenvalue weighted by Crippen LogP contribution is 2.37. The first-order valence-electron chi connectivity index (χ1n) is 6.02. The molecule has 0 aliphatic carbocycles. The van der Waals surface area contributed by atoms with E-state index in [1.54, 1.807) is 28.2 Å². The molecular formula is C12H16Br2N2O2S2. The minimum Gasteiger partial charge on any atom is -0.399 e. The maximum Gasteiger partial charge on any atom is 0.245 e. The van der Waals surface area contributed by atoms with E-state index in [9.17, 15) is 8.42 Å². The molecule has 4 nitrogen and oxygen atoms in total. The molecule has 0 aromatic heterocycles. The van der Waals surface area contributed by atoms with E-state index in [2.05, 4.69) is 45.7 Å². The molecule has 1 heterocycles. The van der Waals surface area contributed by atoms with E-state index in [0.717, 1.165) is 5.75 Å². The molecule has 0 amide bonds. The lowest BCUT2D eigenvalue weighted by molar-refractivity contribution is 0.387. The first-order chi connectivity index (χ1) is 9.13. The lowest BCUT2D eigenvalue weighted by atomic mass is 10.2. The van der Waals surface area contributed by atoms with Crippen LogP contribution in [-0.4, -0.2) is 36.3 Å². The molecule has 0 bridgehead atoms. The molecule has 2 rings (SSSR count). The Balaban J connectivity index is 2.46. The number of sulfonamides is 1. The number of nitrogens with zero attached hydrogens (tertiary/aromatic N) is 1. The Bertz CT molecular complexity index is 609. The fraction of sp³-hybridized carbons (Fsp3) is 0.500. The van der Waals surface area contributed by atoms with E-state index in [1.807, 2.05) is 0 Å². The molecule has 0 atom stereocenters. The van der Waals surface area contributed by atoms with Crippen LogP contribution in [0.5, 0.6) is 0 Å². The summed E-state index contributed by atoms with van der Waals surface area (Å²) in [5.74, 6) is 0.802. The van der Waals surface area contributed by atoms with Crippen molar-refractivity contribution >= 4 is 59.3 Å². The number of nitrogens with two attached hydrogens (primary N) is 1. The highest BCUT2D eigenvalue weighted by Gasteiger charge is 2.36. The summed E-state index contributed by atoms with van der Waals surface area (Å²) in [5.41, 5.74) is 6.23. The summed E-state index contributed by atoms with van der Waals surface area (Å²) in [4.78, 5) is 0.245. The van der Waals surface area contributed by atoms with Gasteiger partial charge in [-0.05, 0) is 57.8 Å². The second kappa shape index (κ2) is 5.79. The molecule has 0 radical (unpaired) electrons. The topological polar surface area (TPSA) is 63.4 Å². The zero-order valence-electron chi connectivity index (χ0n) is 11.2. The van der Waals surface area contributed by atoms with Gasteiger partial charge in [0.1, 0.15) is 4.90 Å². The van der Waals surface area contributed by atoms with Crippen molar-refractivity contribution in [3.05, 3.63) is 21.1 Å². The largest absolute Gasteiger partial charge is 0.399 e. The average Bonchev–Trinajstić information content (AvgIpc) is 2.25. The highest BCUT2D eigenvalue weighted by atomic mass is 79.9. The van der Waals surface area contributed by atoms with Crippen molar-refractivity contribution in [2.24, 2.45) is 0 Å². The standard InChI is InChI=1S/C12H16Br2N2O2S2/c1-12(2)7-16(3-4-19-12)20(17,18)11-9(13)5-8(15)6-10(11)14/h5-6H,3-4,7,15H2,1-2H3. The molecule has 1 saturated heterocycles. The number of thioether (sulfide) groups is 1. The van der Waals surface area contributed by atoms with Crippen LogP contribution in [0.2, 0.25) is 0 Å². The lowest BCUT2D eigenvalue weighted by Crippen LogP contribution is -2.46. The van der Waals surface area contributed by atoms with Crippen LogP contribution < -0.4 is 5.73 Å². The second-order valence-electron chi connectivity index (χ2n) is 5.26. The molecule has 1 aromatic carbocycles. The first kappa shape index (κ1) is 16.6. The Labute approximate surface area is 140 Å². The van der Waals surface area contributed by atoms with Gasteiger partial charge in [-0.15, -0.1) is 0 Å². The fourth-order valence-corrected chi connectivity index (χ4v) is 7.58. The van der Waals surface area contributed by atoms with Crippen molar-refractivity contribution < 1.29 is 8.42 Å². The number of benzene rings is 1. The highest BCUT2D eigenvalue weighted by molar-refractivity contribution is 9.11. The molecule has 0 saturated carbocycles. The van der Waals surface area contributed by atoms with Crippen molar-refractivity contribution in [2.75, 3.05) is 24.6 Å². The molecule has 20 heavy (non-hydrogen) atoms. The van der Waals surface area contributed by atoms with Crippen molar-refractivity contribution in [3.63, 3.8) is 0 Å². The van der Waals surface area contributed by atoms with Crippen molar-refractivity contribution in [1.82, 2.24) is 4.31 Å². The molecule has 1 aliphatic heterocycles. The molecule has 1 aliphatic rings. The summed E-state index contributed by atoms with van der Waals surface area (Å²) < 4.78 is 28.1. The SMILES string of the molecule is CC1(C)CN(S(=O)(=O)c2c(Br)cc(N)cc2Br)CCS1. The third kappa shape index (κ3) is 3.35. The summed E-state index contributed by atoms with van der Waals surface area (Å²) in [6.45, 7) is 5.15. The average molecular weight is 444 g/mol. The van der Waals surface area contributed by atoms with E-state index in [1.165, 1.54) is 0 Å². The van der Waals surface area contributed by atoms with Crippen LogP contribution in [0.3, 0.4) is 0 Å². The number of hydrogen-bond donors (Lipinski definition) is 1. The zero-order valence-corrected chi connectivity index (χ0v) is 16.0. The van der Waals surface area contributed by atoms with Gasteiger partial charge in [-0.3, -0.25) is 0 Å². The van der Waals surface area contributed by atoms with Gasteiger partial charge < -0.3 is 5.73 Å². The minimum atomic E-state index is -3.54. The number of halogens is 2. The number of nitrogen functional groups attached to an aromatic ring is 1. The molecule has 112 valence electrons. The minimum absolute atomic E-state index is 0.0713. The molecular weight excluding hydrogens is 428 g/mol. The summed E-state index contributed by atoms with van der Waals surface area (Å²) in [6, 6.07) is 3.23. The van der Waals surface area contributed by atoms with Gasteiger partial charge in [0, 0.05) is 38.2 Å². The van der Waals surface area contributed by atoms with Gasteiger partial charge in [0.15, 0.2) is 0 Å². The molecule has 0 unspecified atom stereocenters. The lowest BCUT2D eigenvalue weighted by Gasteiger charge is -2.36. The van der Waals surface area contributed by atoms with Crippen LogP contribution in [0, 0.1) is 0 Å². The van der Waals surface area contributed by atoms with Gasteiger partial charge in [0.05, 0.1) is 0 Å². The predicted octanol–water partition coefficient (Wildman–Crippen LogP) is 3.31. The Morgan fingerprint density at radius 1 is 1.30 bits per heavy atom. The van der Waals surface area contributed by atoms with E-state index in [0.29, 0.717) is 27.7 Å². The fourth-order valence-electron chi connectivity index (χ4n) is 2.13. The maximum absolute atomic E-state index is 12.8. The van der Waals surface area contributed by atoms with E-state index < -0.39 is 10.0 Å². The van der Waals surface area contributed by atoms with Crippen LogP contribution in [0.25, 0.3) is 0 Å². The van der Waals surface area contributed by atoms with Gasteiger partial charge in [-0.1, -0.05) is 0 Å². The summed E-state index contributed by atoms with van der Waals surface area (Å²) >= 11 is 8.41. The van der Waals surface area contributed by atoms with Crippen LogP contribution in [-0.2, 0) is 10.0 Å². The van der Waals surface area contributed by atoms with E-state index in [4.69, 9.17) is 5.73 Å². The maximum atomic E-state index is 12.8. The van der Waals surface area contributed by atoms with E-state index in [-0.39, 0.29) is 9.64 Å². The number of hydrogen-bond acceptors (Lipinski definition) is 4. The van der Waals surface area contributed by atoms with Crippen LogP contribution in [0.15, 0.2) is 26.0 Å². The van der Waals surface area contributed by atoms with Gasteiger partial charge in [-0.25, -0.2) is 8.42 Å². The van der Waals surface area contributed by atoms with Crippen LogP contribution in [0.1, 0.15) is 13.8 Å². The molecule has 2 N–H and O–H groups in total. The summed E-state index contributed by atoms with van der Waals surface area (Å²) in [7, 11) is -3.54. The Kier molecular flexibility index (Phi) is 4.81. The molecule has 0 spiro atoms. The second-order valence-corrected chi connectivity index (χ2v) is 10.6.